The van der Waals surface area contributed by atoms with Gasteiger partial charge in [-0.15, -0.1) is 0 Å². The summed E-state index contributed by atoms with van der Waals surface area (Å²) in [6.07, 6.45) is -3.46. The van der Waals surface area contributed by atoms with E-state index >= 15 is 0 Å². The van der Waals surface area contributed by atoms with Crippen LogP contribution in [0.1, 0.15) is 5.69 Å². The minimum absolute atomic E-state index is 0.194. The number of aromatic nitrogens is 1. The molecule has 6 heteroatoms. The predicted octanol–water partition coefficient (Wildman–Crippen LogP) is 3.45. The zero-order valence-electron chi connectivity index (χ0n) is 10.1. The fraction of sp³-hybridized carbons (Fsp3) is 0.154. The SMILES string of the molecule is CN(c1ccccc1)c1cc(C(F)(F)F)ncc1N. The Hall–Kier alpha value is -2.24. The lowest BCUT2D eigenvalue weighted by atomic mass is 10.2. The van der Waals surface area contributed by atoms with E-state index in [0.717, 1.165) is 18.0 Å². The summed E-state index contributed by atoms with van der Waals surface area (Å²) < 4.78 is 37.9. The Morgan fingerprint density at radius 1 is 1.16 bits per heavy atom. The average Bonchev–Trinajstić information content (AvgIpc) is 2.38. The number of anilines is 3. The van der Waals surface area contributed by atoms with Crippen molar-refractivity contribution in [3.8, 4) is 0 Å². The number of para-hydroxylation sites is 1. The summed E-state index contributed by atoms with van der Waals surface area (Å²) in [5.41, 5.74) is 5.95. The second kappa shape index (κ2) is 4.79. The van der Waals surface area contributed by atoms with Crippen LogP contribution in [0.5, 0.6) is 0 Å². The third-order valence-corrected chi connectivity index (χ3v) is 2.71. The van der Waals surface area contributed by atoms with E-state index in [1.54, 1.807) is 36.2 Å². The van der Waals surface area contributed by atoms with Gasteiger partial charge in [0.1, 0.15) is 5.69 Å². The number of halogens is 3. The zero-order valence-corrected chi connectivity index (χ0v) is 10.1. The second-order valence-corrected chi connectivity index (χ2v) is 4.02. The summed E-state index contributed by atoms with van der Waals surface area (Å²) in [7, 11) is 1.65. The van der Waals surface area contributed by atoms with Gasteiger partial charge in [-0.3, -0.25) is 0 Å². The molecule has 19 heavy (non-hydrogen) atoms. The molecule has 3 nitrogen and oxygen atoms in total. The maximum atomic E-state index is 12.6. The molecule has 0 aliphatic heterocycles. The number of pyridine rings is 1. The molecular weight excluding hydrogens is 255 g/mol. The smallest absolute Gasteiger partial charge is 0.396 e. The van der Waals surface area contributed by atoms with E-state index in [1.807, 2.05) is 6.07 Å². The molecule has 2 rings (SSSR count). The van der Waals surface area contributed by atoms with Crippen LogP contribution in [-0.2, 0) is 6.18 Å². The highest BCUT2D eigenvalue weighted by atomic mass is 19.4. The van der Waals surface area contributed by atoms with E-state index in [4.69, 9.17) is 5.73 Å². The highest BCUT2D eigenvalue weighted by Crippen LogP contribution is 2.34. The molecule has 0 aliphatic carbocycles. The van der Waals surface area contributed by atoms with Crippen LogP contribution in [0.2, 0.25) is 0 Å². The number of nitrogen functional groups attached to an aromatic ring is 1. The Bertz CT molecular complexity index is 567. The van der Waals surface area contributed by atoms with Crippen molar-refractivity contribution >= 4 is 17.1 Å². The van der Waals surface area contributed by atoms with Crippen molar-refractivity contribution in [2.75, 3.05) is 17.7 Å². The van der Waals surface area contributed by atoms with Crippen LogP contribution in [0.3, 0.4) is 0 Å². The Morgan fingerprint density at radius 2 is 1.79 bits per heavy atom. The van der Waals surface area contributed by atoms with E-state index in [0.29, 0.717) is 0 Å². The van der Waals surface area contributed by atoms with Gasteiger partial charge in [-0.1, -0.05) is 18.2 Å². The molecule has 2 aromatic rings. The first-order chi connectivity index (χ1) is 8.89. The van der Waals surface area contributed by atoms with Gasteiger partial charge < -0.3 is 10.6 Å². The molecule has 1 aromatic carbocycles. The predicted molar refractivity (Wildman–Crippen MR) is 68.2 cm³/mol. The average molecular weight is 267 g/mol. The quantitative estimate of drug-likeness (QED) is 0.906. The number of hydrogen-bond acceptors (Lipinski definition) is 3. The van der Waals surface area contributed by atoms with Gasteiger partial charge in [0.25, 0.3) is 0 Å². The molecule has 0 aliphatic rings. The van der Waals surface area contributed by atoms with Gasteiger partial charge in [0, 0.05) is 12.7 Å². The van der Waals surface area contributed by atoms with E-state index < -0.39 is 11.9 Å². The van der Waals surface area contributed by atoms with Crippen molar-refractivity contribution in [2.45, 2.75) is 6.18 Å². The third kappa shape index (κ3) is 2.78. The first-order valence-electron chi connectivity index (χ1n) is 5.51. The van der Waals surface area contributed by atoms with Crippen LogP contribution in [0.25, 0.3) is 0 Å². The van der Waals surface area contributed by atoms with Crippen molar-refractivity contribution in [1.29, 1.82) is 0 Å². The van der Waals surface area contributed by atoms with Gasteiger partial charge in [0.05, 0.1) is 17.6 Å². The van der Waals surface area contributed by atoms with Crippen molar-refractivity contribution in [1.82, 2.24) is 4.98 Å². The van der Waals surface area contributed by atoms with Crippen molar-refractivity contribution < 1.29 is 13.2 Å². The molecule has 1 aromatic heterocycles. The molecule has 1 heterocycles. The number of alkyl halides is 3. The standard InChI is InChI=1S/C13H12F3N3/c1-19(9-5-3-2-4-6-9)11-7-12(13(14,15)16)18-8-10(11)17/h2-8H,17H2,1H3. The number of benzene rings is 1. The van der Waals surface area contributed by atoms with Crippen LogP contribution >= 0.6 is 0 Å². The zero-order chi connectivity index (χ0) is 14.0. The molecule has 0 spiro atoms. The number of rotatable bonds is 2. The molecule has 0 fully saturated rings. The Morgan fingerprint density at radius 3 is 2.37 bits per heavy atom. The lowest BCUT2D eigenvalue weighted by molar-refractivity contribution is -0.141. The highest BCUT2D eigenvalue weighted by Gasteiger charge is 2.33. The van der Waals surface area contributed by atoms with Crippen molar-refractivity contribution in [3.05, 3.63) is 48.3 Å². The summed E-state index contributed by atoms with van der Waals surface area (Å²) in [4.78, 5) is 4.90. The molecule has 0 saturated heterocycles. The number of nitrogens with zero attached hydrogens (tertiary/aromatic N) is 2. The van der Waals surface area contributed by atoms with Crippen LogP contribution in [0.4, 0.5) is 30.2 Å². The summed E-state index contributed by atoms with van der Waals surface area (Å²) in [6.45, 7) is 0. The summed E-state index contributed by atoms with van der Waals surface area (Å²) in [6, 6.07) is 9.94. The van der Waals surface area contributed by atoms with Crippen molar-refractivity contribution in [2.24, 2.45) is 0 Å². The summed E-state index contributed by atoms with van der Waals surface area (Å²) in [5, 5.41) is 0. The normalized spacial score (nSPS) is 11.4. The van der Waals surface area contributed by atoms with Gasteiger partial charge in [-0.2, -0.15) is 13.2 Å². The third-order valence-electron chi connectivity index (χ3n) is 2.71. The minimum atomic E-state index is -4.49. The first kappa shape index (κ1) is 13.2. The molecule has 0 radical (unpaired) electrons. The van der Waals surface area contributed by atoms with Crippen LogP contribution in [-0.4, -0.2) is 12.0 Å². The Labute approximate surface area is 108 Å². The van der Waals surface area contributed by atoms with Crippen LogP contribution < -0.4 is 10.6 Å². The van der Waals surface area contributed by atoms with Gasteiger partial charge in [-0.05, 0) is 18.2 Å². The molecular formula is C13H12F3N3. The fourth-order valence-electron chi connectivity index (χ4n) is 1.69. The van der Waals surface area contributed by atoms with Gasteiger partial charge in [-0.25, -0.2) is 4.98 Å². The van der Waals surface area contributed by atoms with Crippen LogP contribution in [0.15, 0.2) is 42.6 Å². The Kier molecular flexibility index (Phi) is 3.33. The van der Waals surface area contributed by atoms with Crippen molar-refractivity contribution in [3.63, 3.8) is 0 Å². The Balaban J connectivity index is 2.45. The second-order valence-electron chi connectivity index (χ2n) is 4.02. The van der Waals surface area contributed by atoms with Gasteiger partial charge in [0.15, 0.2) is 0 Å². The largest absolute Gasteiger partial charge is 0.433 e. The van der Waals surface area contributed by atoms with E-state index in [9.17, 15) is 13.2 Å². The summed E-state index contributed by atoms with van der Waals surface area (Å²) in [5.74, 6) is 0. The minimum Gasteiger partial charge on any atom is -0.396 e. The maximum Gasteiger partial charge on any atom is 0.433 e. The van der Waals surface area contributed by atoms with E-state index in [-0.39, 0.29) is 11.4 Å². The van der Waals surface area contributed by atoms with E-state index in [2.05, 4.69) is 4.98 Å². The summed E-state index contributed by atoms with van der Waals surface area (Å²) >= 11 is 0. The van der Waals surface area contributed by atoms with Gasteiger partial charge in [0.2, 0.25) is 0 Å². The molecule has 2 N–H and O–H groups in total. The van der Waals surface area contributed by atoms with Gasteiger partial charge >= 0.3 is 6.18 Å². The topological polar surface area (TPSA) is 42.2 Å². The first-order valence-corrected chi connectivity index (χ1v) is 5.51. The molecule has 0 unspecified atom stereocenters. The number of hydrogen-bond donors (Lipinski definition) is 1. The molecule has 0 saturated carbocycles. The lowest BCUT2D eigenvalue weighted by Crippen LogP contribution is -2.15. The molecule has 0 bridgehead atoms. The highest BCUT2D eigenvalue weighted by molar-refractivity contribution is 5.74. The molecule has 100 valence electrons. The molecule has 0 amide bonds. The van der Waals surface area contributed by atoms with Crippen LogP contribution in [0, 0.1) is 0 Å². The maximum absolute atomic E-state index is 12.6. The number of nitrogens with two attached hydrogens (primary N) is 1. The lowest BCUT2D eigenvalue weighted by Gasteiger charge is -2.22. The van der Waals surface area contributed by atoms with E-state index in [1.165, 1.54) is 0 Å². The monoisotopic (exact) mass is 267 g/mol. The molecule has 0 atom stereocenters. The fourth-order valence-corrected chi connectivity index (χ4v) is 1.69.